The maximum atomic E-state index is 12.9. The molecule has 0 saturated carbocycles. The molecule has 4 atom stereocenters. The van der Waals surface area contributed by atoms with Gasteiger partial charge in [-0.15, -0.1) is 0 Å². The van der Waals surface area contributed by atoms with Crippen molar-refractivity contribution in [2.45, 2.75) is 18.6 Å². The first-order valence-electron chi connectivity index (χ1n) is 9.25. The number of hydrogen-bond donors (Lipinski definition) is 1. The predicted molar refractivity (Wildman–Crippen MR) is 95.6 cm³/mol. The highest BCUT2D eigenvalue weighted by molar-refractivity contribution is 5.87. The summed E-state index contributed by atoms with van der Waals surface area (Å²) < 4.78 is 5.63. The van der Waals surface area contributed by atoms with Gasteiger partial charge in [-0.1, -0.05) is 42.5 Å². The minimum absolute atomic E-state index is 0.0723. The molecule has 6 nitrogen and oxygen atoms in total. The largest absolute Gasteiger partial charge is 0.481 e. The third kappa shape index (κ3) is 3.27. The summed E-state index contributed by atoms with van der Waals surface area (Å²) in [6.07, 6.45) is 3.77. The molecule has 0 aromatic heterocycles. The van der Waals surface area contributed by atoms with Crippen LogP contribution in [0.4, 0.5) is 0 Å². The fraction of sp³-hybridized carbons (Fsp3) is 0.500. The van der Waals surface area contributed by atoms with Crippen molar-refractivity contribution in [1.29, 1.82) is 0 Å². The van der Waals surface area contributed by atoms with Crippen LogP contribution < -0.4 is 0 Å². The van der Waals surface area contributed by atoms with Gasteiger partial charge < -0.3 is 14.7 Å². The molecular formula is C20H24N2O4. The van der Waals surface area contributed by atoms with Crippen LogP contribution in [0.25, 0.3) is 0 Å². The summed E-state index contributed by atoms with van der Waals surface area (Å²) in [4.78, 5) is 28.7. The molecule has 0 aliphatic carbocycles. The van der Waals surface area contributed by atoms with E-state index in [0.717, 1.165) is 26.1 Å². The van der Waals surface area contributed by atoms with E-state index < -0.39 is 23.9 Å². The highest BCUT2D eigenvalue weighted by atomic mass is 16.5. The maximum Gasteiger partial charge on any atom is 0.310 e. The molecule has 1 aromatic carbocycles. The number of hydrogen-bond acceptors (Lipinski definition) is 4. The molecule has 1 amide bonds. The summed E-state index contributed by atoms with van der Waals surface area (Å²) in [6.45, 7) is 3.93. The SMILES string of the molecule is O=C(O)C1C2C=CC(O2)C1C(=O)N1CCN(CCc2ccccc2)CC1. The van der Waals surface area contributed by atoms with E-state index in [1.807, 2.05) is 17.0 Å². The number of benzene rings is 1. The number of rotatable bonds is 5. The standard InChI is InChI=1S/C20H24N2O4/c23-19(17-15-6-7-16(26-15)18(17)20(24)25)22-12-10-21(11-13-22)9-8-14-4-2-1-3-5-14/h1-7,15-18H,8-13H2,(H,24,25). The van der Waals surface area contributed by atoms with Gasteiger partial charge in [-0.25, -0.2) is 0 Å². The molecule has 138 valence electrons. The molecule has 3 aliphatic rings. The minimum atomic E-state index is -0.943. The lowest BCUT2D eigenvalue weighted by Gasteiger charge is -2.37. The van der Waals surface area contributed by atoms with Gasteiger partial charge in [0.2, 0.25) is 5.91 Å². The molecule has 0 spiro atoms. The number of carboxylic acids is 1. The van der Waals surface area contributed by atoms with Crippen LogP contribution in [-0.4, -0.2) is 71.7 Å². The van der Waals surface area contributed by atoms with Gasteiger partial charge in [0.15, 0.2) is 0 Å². The van der Waals surface area contributed by atoms with E-state index in [9.17, 15) is 14.7 Å². The topological polar surface area (TPSA) is 70.1 Å². The summed E-state index contributed by atoms with van der Waals surface area (Å²) in [7, 11) is 0. The Morgan fingerprint density at radius 3 is 2.31 bits per heavy atom. The van der Waals surface area contributed by atoms with Crippen LogP contribution >= 0.6 is 0 Å². The molecule has 2 fully saturated rings. The Kier molecular flexibility index (Phi) is 4.78. The van der Waals surface area contributed by atoms with Crippen molar-refractivity contribution in [2.24, 2.45) is 11.8 Å². The lowest BCUT2D eigenvalue weighted by Crippen LogP contribution is -2.53. The predicted octanol–water partition coefficient (Wildman–Crippen LogP) is 1.03. The second-order valence-electron chi connectivity index (χ2n) is 7.24. The Balaban J connectivity index is 1.31. The normalized spacial score (nSPS) is 30.7. The number of fused-ring (bicyclic) bond motifs is 2. The Morgan fingerprint density at radius 2 is 1.65 bits per heavy atom. The van der Waals surface area contributed by atoms with Crippen LogP contribution in [0.5, 0.6) is 0 Å². The van der Waals surface area contributed by atoms with Gasteiger partial charge >= 0.3 is 5.97 Å². The van der Waals surface area contributed by atoms with Crippen molar-refractivity contribution in [2.75, 3.05) is 32.7 Å². The second kappa shape index (κ2) is 7.21. The molecule has 26 heavy (non-hydrogen) atoms. The zero-order chi connectivity index (χ0) is 18.1. The summed E-state index contributed by atoms with van der Waals surface area (Å²) >= 11 is 0. The van der Waals surface area contributed by atoms with E-state index in [4.69, 9.17) is 4.74 Å². The Labute approximate surface area is 153 Å². The van der Waals surface area contributed by atoms with Crippen LogP contribution in [0.1, 0.15) is 5.56 Å². The van der Waals surface area contributed by atoms with Crippen LogP contribution in [0.2, 0.25) is 0 Å². The average molecular weight is 356 g/mol. The molecule has 2 saturated heterocycles. The Hall–Kier alpha value is -2.18. The van der Waals surface area contributed by atoms with E-state index in [1.54, 1.807) is 6.08 Å². The zero-order valence-electron chi connectivity index (χ0n) is 14.7. The highest BCUT2D eigenvalue weighted by Gasteiger charge is 2.54. The fourth-order valence-corrected chi connectivity index (χ4v) is 4.23. The lowest BCUT2D eigenvalue weighted by atomic mass is 9.82. The van der Waals surface area contributed by atoms with E-state index in [-0.39, 0.29) is 12.0 Å². The van der Waals surface area contributed by atoms with Crippen molar-refractivity contribution in [3.05, 3.63) is 48.0 Å². The zero-order valence-corrected chi connectivity index (χ0v) is 14.7. The number of aliphatic carboxylic acids is 1. The quantitative estimate of drug-likeness (QED) is 0.798. The minimum Gasteiger partial charge on any atom is -0.481 e. The number of piperazine rings is 1. The molecule has 2 bridgehead atoms. The van der Waals surface area contributed by atoms with Gasteiger partial charge in [0.1, 0.15) is 5.92 Å². The molecular weight excluding hydrogens is 332 g/mol. The first-order chi connectivity index (χ1) is 12.6. The molecule has 0 radical (unpaired) electrons. The Morgan fingerprint density at radius 1 is 1.00 bits per heavy atom. The van der Waals surface area contributed by atoms with E-state index in [1.165, 1.54) is 5.56 Å². The van der Waals surface area contributed by atoms with Gasteiger partial charge in [-0.05, 0) is 12.0 Å². The third-order valence-electron chi connectivity index (χ3n) is 5.71. The molecule has 6 heteroatoms. The van der Waals surface area contributed by atoms with Gasteiger partial charge in [0.25, 0.3) is 0 Å². The molecule has 1 aromatic rings. The van der Waals surface area contributed by atoms with E-state index >= 15 is 0 Å². The number of nitrogens with zero attached hydrogens (tertiary/aromatic N) is 2. The number of amides is 1. The van der Waals surface area contributed by atoms with E-state index in [0.29, 0.717) is 13.1 Å². The molecule has 4 unspecified atom stereocenters. The summed E-state index contributed by atoms with van der Waals surface area (Å²) in [5, 5.41) is 9.48. The van der Waals surface area contributed by atoms with Crippen LogP contribution in [0.15, 0.2) is 42.5 Å². The van der Waals surface area contributed by atoms with Crippen molar-refractivity contribution in [3.8, 4) is 0 Å². The van der Waals surface area contributed by atoms with Crippen LogP contribution in [-0.2, 0) is 20.7 Å². The molecule has 1 N–H and O–H groups in total. The van der Waals surface area contributed by atoms with E-state index in [2.05, 4.69) is 29.2 Å². The number of carbonyl (C=O) groups excluding carboxylic acids is 1. The third-order valence-corrected chi connectivity index (χ3v) is 5.71. The maximum absolute atomic E-state index is 12.9. The van der Waals surface area contributed by atoms with Gasteiger partial charge in [0.05, 0.1) is 18.1 Å². The molecule has 3 heterocycles. The van der Waals surface area contributed by atoms with Crippen molar-refractivity contribution >= 4 is 11.9 Å². The lowest BCUT2D eigenvalue weighted by molar-refractivity contribution is -0.150. The first kappa shape index (κ1) is 17.2. The van der Waals surface area contributed by atoms with Crippen molar-refractivity contribution < 1.29 is 19.4 Å². The van der Waals surface area contributed by atoms with Crippen molar-refractivity contribution in [3.63, 3.8) is 0 Å². The number of carbonyl (C=O) groups is 2. The highest BCUT2D eigenvalue weighted by Crippen LogP contribution is 2.40. The van der Waals surface area contributed by atoms with Gasteiger partial charge in [-0.2, -0.15) is 0 Å². The van der Waals surface area contributed by atoms with Crippen molar-refractivity contribution in [1.82, 2.24) is 9.80 Å². The smallest absolute Gasteiger partial charge is 0.310 e. The average Bonchev–Trinajstić information content (AvgIpc) is 3.28. The molecule has 4 rings (SSSR count). The van der Waals surface area contributed by atoms with Gasteiger partial charge in [0, 0.05) is 32.7 Å². The number of carboxylic acid groups (broad SMARTS) is 1. The Bertz CT molecular complexity index is 697. The molecule has 3 aliphatic heterocycles. The summed E-state index contributed by atoms with van der Waals surface area (Å²) in [5.74, 6) is -2.36. The summed E-state index contributed by atoms with van der Waals surface area (Å²) in [5.41, 5.74) is 1.32. The fourth-order valence-electron chi connectivity index (χ4n) is 4.23. The summed E-state index contributed by atoms with van der Waals surface area (Å²) in [6, 6.07) is 10.4. The van der Waals surface area contributed by atoms with Gasteiger partial charge in [-0.3, -0.25) is 14.5 Å². The van der Waals surface area contributed by atoms with Crippen LogP contribution in [0, 0.1) is 11.8 Å². The second-order valence-corrected chi connectivity index (χ2v) is 7.24. The number of ether oxygens (including phenoxy) is 1. The first-order valence-corrected chi connectivity index (χ1v) is 9.25. The van der Waals surface area contributed by atoms with Crippen LogP contribution in [0.3, 0.4) is 0 Å². The monoisotopic (exact) mass is 356 g/mol.